The molecule has 0 radical (unpaired) electrons. The third-order valence-corrected chi connectivity index (χ3v) is 8.42. The minimum Gasteiger partial charge on any atom is -0.444 e. The normalized spacial score (nSPS) is 20.9. The van der Waals surface area contributed by atoms with Crippen molar-refractivity contribution in [3.63, 3.8) is 0 Å². The summed E-state index contributed by atoms with van der Waals surface area (Å²) in [6.45, 7) is 11.0. The number of likely N-dealkylation sites (tertiary alicyclic amines) is 1. The average molecular weight is 554 g/mol. The van der Waals surface area contributed by atoms with Gasteiger partial charge in [-0.15, -0.1) is 0 Å². The maximum atomic E-state index is 14.6. The van der Waals surface area contributed by atoms with Crippen molar-refractivity contribution >= 4 is 12.0 Å². The number of ether oxygens (including phenoxy) is 1. The number of amides is 2. The molecule has 0 unspecified atom stereocenters. The number of rotatable bonds is 6. The van der Waals surface area contributed by atoms with Gasteiger partial charge in [-0.3, -0.25) is 4.79 Å². The summed E-state index contributed by atoms with van der Waals surface area (Å²) in [6, 6.07) is 24.7. The molecule has 5 rings (SSSR count). The van der Waals surface area contributed by atoms with E-state index in [1.165, 1.54) is 11.1 Å². The molecule has 0 bridgehead atoms. The van der Waals surface area contributed by atoms with E-state index in [1.807, 2.05) is 49.9 Å². The fourth-order valence-electron chi connectivity index (χ4n) is 5.99. The van der Waals surface area contributed by atoms with Crippen molar-refractivity contribution < 1.29 is 14.3 Å². The van der Waals surface area contributed by atoms with E-state index in [1.54, 1.807) is 4.90 Å². The van der Waals surface area contributed by atoms with E-state index in [-0.39, 0.29) is 24.4 Å². The van der Waals surface area contributed by atoms with E-state index in [0.29, 0.717) is 13.1 Å². The number of piperidine rings is 1. The van der Waals surface area contributed by atoms with Crippen molar-refractivity contribution in [3.05, 3.63) is 95.1 Å². The number of hydrogen-bond donors (Lipinski definition) is 1. The Kier molecular flexibility index (Phi) is 8.23. The molecule has 2 amide bonds. The third kappa shape index (κ3) is 6.65. The molecule has 2 N–H and O–H groups in total. The summed E-state index contributed by atoms with van der Waals surface area (Å²) < 4.78 is 5.72. The van der Waals surface area contributed by atoms with Crippen LogP contribution in [0.5, 0.6) is 0 Å². The van der Waals surface area contributed by atoms with Gasteiger partial charge in [0.05, 0.1) is 5.92 Å². The molecule has 1 aliphatic carbocycles. The molecule has 6 nitrogen and oxygen atoms in total. The van der Waals surface area contributed by atoms with Crippen LogP contribution in [0.4, 0.5) is 4.79 Å². The van der Waals surface area contributed by atoms with Gasteiger partial charge in [-0.25, -0.2) is 4.79 Å². The van der Waals surface area contributed by atoms with Crippen molar-refractivity contribution in [2.45, 2.75) is 77.6 Å². The fourth-order valence-corrected chi connectivity index (χ4v) is 5.99. The number of aryl methyl sites for hydroxylation is 1. The zero-order valence-electron chi connectivity index (χ0n) is 25.0. The molecule has 0 aromatic heterocycles. The zero-order valence-corrected chi connectivity index (χ0v) is 25.0. The van der Waals surface area contributed by atoms with Crippen LogP contribution in [0.25, 0.3) is 11.1 Å². The summed E-state index contributed by atoms with van der Waals surface area (Å²) in [5.41, 5.74) is 13.1. The Bertz CT molecular complexity index is 1390. The summed E-state index contributed by atoms with van der Waals surface area (Å²) in [6.07, 6.45) is 1.58. The van der Waals surface area contributed by atoms with Gasteiger partial charge in [-0.2, -0.15) is 0 Å². The van der Waals surface area contributed by atoms with Gasteiger partial charge >= 0.3 is 6.09 Å². The molecule has 3 aromatic carbocycles. The molecule has 41 heavy (non-hydrogen) atoms. The van der Waals surface area contributed by atoms with E-state index >= 15 is 0 Å². The second kappa shape index (κ2) is 11.7. The van der Waals surface area contributed by atoms with Gasteiger partial charge in [-0.1, -0.05) is 72.8 Å². The van der Waals surface area contributed by atoms with Crippen LogP contribution in [-0.4, -0.2) is 52.6 Å². The van der Waals surface area contributed by atoms with Crippen LogP contribution in [0.3, 0.4) is 0 Å². The second-order valence-electron chi connectivity index (χ2n) is 12.7. The molecule has 2 fully saturated rings. The first kappa shape index (κ1) is 28.9. The molecule has 1 saturated heterocycles. The van der Waals surface area contributed by atoms with E-state index in [9.17, 15) is 9.59 Å². The van der Waals surface area contributed by atoms with E-state index in [4.69, 9.17) is 10.5 Å². The Morgan fingerprint density at radius 2 is 1.61 bits per heavy atom. The maximum absolute atomic E-state index is 14.6. The number of carbonyl (C=O) groups excluding carboxylic acids is 2. The largest absolute Gasteiger partial charge is 0.444 e. The van der Waals surface area contributed by atoms with Crippen molar-refractivity contribution in [2.24, 2.45) is 11.7 Å². The van der Waals surface area contributed by atoms with Crippen LogP contribution >= 0.6 is 0 Å². The molecular formula is C35H43N3O3. The summed E-state index contributed by atoms with van der Waals surface area (Å²) in [4.78, 5) is 31.5. The molecule has 0 spiro atoms. The molecule has 3 atom stereocenters. The van der Waals surface area contributed by atoms with Gasteiger partial charge in [0.15, 0.2) is 0 Å². The second-order valence-corrected chi connectivity index (χ2v) is 12.7. The predicted molar refractivity (Wildman–Crippen MR) is 163 cm³/mol. The van der Waals surface area contributed by atoms with Crippen LogP contribution < -0.4 is 5.73 Å². The van der Waals surface area contributed by atoms with Crippen molar-refractivity contribution in [3.8, 4) is 11.1 Å². The van der Waals surface area contributed by atoms with Crippen molar-refractivity contribution in [1.82, 2.24) is 9.80 Å². The van der Waals surface area contributed by atoms with Crippen LogP contribution in [0, 0.1) is 19.8 Å². The van der Waals surface area contributed by atoms with Gasteiger partial charge < -0.3 is 20.3 Å². The summed E-state index contributed by atoms with van der Waals surface area (Å²) in [5.74, 6) is -0.653. The summed E-state index contributed by atoms with van der Waals surface area (Å²) >= 11 is 0. The Balaban J connectivity index is 1.51. The van der Waals surface area contributed by atoms with Gasteiger partial charge in [0, 0.05) is 37.6 Å². The van der Waals surface area contributed by atoms with E-state index in [2.05, 4.69) is 62.4 Å². The van der Waals surface area contributed by atoms with Crippen LogP contribution in [0.15, 0.2) is 72.8 Å². The fraction of sp³-hybridized carbons (Fsp3) is 0.429. The lowest BCUT2D eigenvalue weighted by Crippen LogP contribution is -2.58. The monoisotopic (exact) mass is 553 g/mol. The highest BCUT2D eigenvalue weighted by atomic mass is 16.6. The molecule has 2 aliphatic rings. The minimum absolute atomic E-state index is 0.0622. The van der Waals surface area contributed by atoms with Crippen molar-refractivity contribution in [2.75, 3.05) is 13.1 Å². The number of carbonyl (C=O) groups is 2. The smallest absolute Gasteiger partial charge is 0.410 e. The van der Waals surface area contributed by atoms with Gasteiger partial charge in [0.25, 0.3) is 0 Å². The Hall–Kier alpha value is -3.64. The predicted octanol–water partition coefficient (Wildman–Crippen LogP) is 6.44. The first-order chi connectivity index (χ1) is 19.5. The Morgan fingerprint density at radius 3 is 2.29 bits per heavy atom. The van der Waals surface area contributed by atoms with E-state index < -0.39 is 23.7 Å². The lowest BCUT2D eigenvalue weighted by Gasteiger charge is -2.44. The number of nitrogens with two attached hydrogens (primary N) is 1. The summed E-state index contributed by atoms with van der Waals surface area (Å²) in [7, 11) is 0. The first-order valence-corrected chi connectivity index (χ1v) is 14.8. The highest BCUT2D eigenvalue weighted by molar-refractivity contribution is 5.82. The quantitative estimate of drug-likeness (QED) is 0.381. The molecule has 1 aliphatic heterocycles. The lowest BCUT2D eigenvalue weighted by atomic mass is 9.76. The van der Waals surface area contributed by atoms with Gasteiger partial charge in [-0.05, 0) is 80.8 Å². The molecule has 6 heteroatoms. The number of hydrogen-bond acceptors (Lipinski definition) is 4. The van der Waals surface area contributed by atoms with Crippen LogP contribution in [0.1, 0.15) is 61.8 Å². The highest BCUT2D eigenvalue weighted by Gasteiger charge is 2.46. The summed E-state index contributed by atoms with van der Waals surface area (Å²) in [5, 5.41) is 0. The first-order valence-electron chi connectivity index (χ1n) is 14.8. The Labute approximate surface area is 244 Å². The number of benzene rings is 3. The van der Waals surface area contributed by atoms with Crippen LogP contribution in [-0.2, 0) is 16.1 Å². The molecule has 3 aromatic rings. The Morgan fingerprint density at radius 1 is 0.927 bits per heavy atom. The van der Waals surface area contributed by atoms with Crippen LogP contribution in [0.2, 0.25) is 0 Å². The topological polar surface area (TPSA) is 75.9 Å². The zero-order chi connectivity index (χ0) is 29.3. The molecule has 216 valence electrons. The average Bonchev–Trinajstić information content (AvgIpc) is 3.78. The lowest BCUT2D eigenvalue weighted by molar-refractivity contribution is -0.139. The van der Waals surface area contributed by atoms with Gasteiger partial charge in [0.1, 0.15) is 5.60 Å². The highest BCUT2D eigenvalue weighted by Crippen LogP contribution is 2.39. The van der Waals surface area contributed by atoms with Crippen molar-refractivity contribution in [1.29, 1.82) is 0 Å². The molecule has 1 saturated carbocycles. The molecule has 1 heterocycles. The SMILES string of the molecule is Cc1cccc(CN(C(=O)[C@H]2CN(C(=O)OC(C)(C)C)C[C@@H](N)[C@@H]2c2cccc(-c3ccccc3)c2)C2CC2)c1C. The molecular weight excluding hydrogens is 510 g/mol. The maximum Gasteiger partial charge on any atom is 0.410 e. The third-order valence-electron chi connectivity index (χ3n) is 8.42. The van der Waals surface area contributed by atoms with Gasteiger partial charge in [0.2, 0.25) is 5.91 Å². The minimum atomic E-state index is -0.635. The number of nitrogens with zero attached hydrogens (tertiary/aromatic N) is 2. The standard InChI is InChI=1S/C35H43N3O3/c1-23-11-9-16-28(24(23)2)20-38(29-17-18-29)33(39)30-21-37(34(40)41-35(3,4)5)22-31(36)32(30)27-15-10-14-26(19-27)25-12-7-6-8-13-25/h6-16,19,29-32H,17-18,20-22,36H2,1-5H3/t30-,31+,32+/m0/s1. The van der Waals surface area contributed by atoms with E-state index in [0.717, 1.165) is 35.1 Å².